The molecule has 1 saturated heterocycles. The molecule has 1 heterocycles. The van der Waals surface area contributed by atoms with E-state index in [1.807, 2.05) is 12.1 Å². The molecule has 28 heavy (non-hydrogen) atoms. The maximum Gasteiger partial charge on any atom is 0.107 e. The maximum atomic E-state index is 9.35. The highest BCUT2D eigenvalue weighted by atomic mass is 32.2. The van der Waals surface area contributed by atoms with E-state index in [4.69, 9.17) is 5.11 Å². The number of likely N-dealkylation sites (N-methyl/N-ethyl adjacent to an activating group) is 1. The van der Waals surface area contributed by atoms with Gasteiger partial charge in [0.15, 0.2) is 0 Å². The monoisotopic (exact) mass is 398 g/mol. The van der Waals surface area contributed by atoms with Crippen molar-refractivity contribution in [1.82, 2.24) is 9.62 Å². The Bertz CT molecular complexity index is 872. The SMILES string of the molecule is CN1CCN(c2ccc3cc(/C=C(\C#N)SNCC(O)CO)ccc3c2)CC1. The first-order valence-corrected chi connectivity index (χ1v) is 10.2. The summed E-state index contributed by atoms with van der Waals surface area (Å²) in [7, 11) is 2.16. The predicted octanol–water partition coefficient (Wildman–Crippen LogP) is 2.05. The standard InChI is InChI=1S/C21H26N4O2S/c1-24-6-8-25(9-7-24)19-5-4-17-10-16(2-3-18(17)12-19)11-21(13-22)28-23-14-20(27)15-26/h2-5,10-12,20,23,26-27H,6-9,14-15H2,1H3/b21-11+. The summed E-state index contributed by atoms with van der Waals surface area (Å²) in [4.78, 5) is 5.27. The van der Waals surface area contributed by atoms with E-state index in [0.717, 1.165) is 49.1 Å². The average Bonchev–Trinajstić information content (AvgIpc) is 2.73. The fraction of sp³-hybridized carbons (Fsp3) is 0.381. The molecule has 7 heteroatoms. The van der Waals surface area contributed by atoms with Crippen molar-refractivity contribution in [2.24, 2.45) is 0 Å². The third kappa shape index (κ3) is 5.47. The molecule has 2 aromatic rings. The fourth-order valence-electron chi connectivity index (χ4n) is 3.12. The Morgan fingerprint density at radius 2 is 1.93 bits per heavy atom. The van der Waals surface area contributed by atoms with Gasteiger partial charge in [0.2, 0.25) is 0 Å². The largest absolute Gasteiger partial charge is 0.394 e. The third-order valence-electron chi connectivity index (χ3n) is 4.84. The lowest BCUT2D eigenvalue weighted by Crippen LogP contribution is -2.44. The molecule has 0 spiro atoms. The van der Waals surface area contributed by atoms with Crippen LogP contribution in [0.5, 0.6) is 0 Å². The van der Waals surface area contributed by atoms with Crippen LogP contribution in [-0.4, -0.2) is 67.6 Å². The fourth-order valence-corrected chi connectivity index (χ4v) is 3.79. The van der Waals surface area contributed by atoms with Gasteiger partial charge in [0.25, 0.3) is 0 Å². The second-order valence-electron chi connectivity index (χ2n) is 6.99. The Labute approximate surface area is 170 Å². The molecule has 0 saturated carbocycles. The van der Waals surface area contributed by atoms with Gasteiger partial charge in [-0.1, -0.05) is 18.2 Å². The van der Waals surface area contributed by atoms with Gasteiger partial charge in [-0.15, -0.1) is 0 Å². The molecule has 0 aromatic heterocycles. The van der Waals surface area contributed by atoms with Crippen LogP contribution < -0.4 is 9.62 Å². The molecule has 1 aliphatic heterocycles. The van der Waals surface area contributed by atoms with Crippen LogP contribution in [0.4, 0.5) is 5.69 Å². The Balaban J connectivity index is 1.71. The van der Waals surface area contributed by atoms with Crippen molar-refractivity contribution in [3.05, 3.63) is 46.9 Å². The summed E-state index contributed by atoms with van der Waals surface area (Å²) >= 11 is 1.16. The van der Waals surface area contributed by atoms with E-state index in [1.54, 1.807) is 0 Å². The molecule has 2 aromatic carbocycles. The number of piperazine rings is 1. The van der Waals surface area contributed by atoms with Gasteiger partial charge in [0, 0.05) is 38.4 Å². The highest BCUT2D eigenvalue weighted by molar-refractivity contribution is 8.01. The molecule has 1 unspecified atom stereocenters. The van der Waals surface area contributed by atoms with Crippen LogP contribution in [0, 0.1) is 11.3 Å². The lowest BCUT2D eigenvalue weighted by Gasteiger charge is -2.34. The number of hydrogen-bond donors (Lipinski definition) is 3. The maximum absolute atomic E-state index is 9.35. The van der Waals surface area contributed by atoms with Crippen LogP contribution in [-0.2, 0) is 0 Å². The number of nitrogens with one attached hydrogen (secondary N) is 1. The minimum atomic E-state index is -0.831. The smallest absolute Gasteiger partial charge is 0.107 e. The highest BCUT2D eigenvalue weighted by Gasteiger charge is 2.14. The molecular weight excluding hydrogens is 372 g/mol. The summed E-state index contributed by atoms with van der Waals surface area (Å²) in [5.41, 5.74) is 2.21. The molecule has 6 nitrogen and oxygen atoms in total. The Morgan fingerprint density at radius 3 is 2.64 bits per heavy atom. The molecule has 3 N–H and O–H groups in total. The first kappa shape index (κ1) is 20.6. The number of nitriles is 1. The Hall–Kier alpha value is -2.08. The van der Waals surface area contributed by atoms with Crippen molar-refractivity contribution >= 4 is 34.5 Å². The minimum Gasteiger partial charge on any atom is -0.394 e. The number of aliphatic hydroxyl groups excluding tert-OH is 2. The lowest BCUT2D eigenvalue weighted by atomic mass is 10.1. The molecule has 1 atom stereocenters. The number of aliphatic hydroxyl groups is 2. The summed E-state index contributed by atoms with van der Waals surface area (Å²) in [6.07, 6.45) is 0.985. The van der Waals surface area contributed by atoms with Crippen molar-refractivity contribution in [2.75, 3.05) is 51.3 Å². The van der Waals surface area contributed by atoms with Gasteiger partial charge in [-0.05, 0) is 59.6 Å². The second-order valence-corrected chi connectivity index (χ2v) is 7.92. The number of anilines is 1. The van der Waals surface area contributed by atoms with Crippen LogP contribution in [0.2, 0.25) is 0 Å². The molecular formula is C21H26N4O2S. The van der Waals surface area contributed by atoms with Gasteiger partial charge in [-0.3, -0.25) is 4.72 Å². The summed E-state index contributed by atoms with van der Waals surface area (Å²) < 4.78 is 2.90. The van der Waals surface area contributed by atoms with Crippen molar-refractivity contribution < 1.29 is 10.2 Å². The third-order valence-corrected chi connectivity index (χ3v) is 5.58. The van der Waals surface area contributed by atoms with E-state index >= 15 is 0 Å². The molecule has 0 radical (unpaired) electrons. The van der Waals surface area contributed by atoms with Crippen LogP contribution in [0.15, 0.2) is 41.3 Å². The van der Waals surface area contributed by atoms with Crippen LogP contribution in [0.25, 0.3) is 16.8 Å². The molecule has 148 valence electrons. The normalized spacial score (nSPS) is 16.9. The van der Waals surface area contributed by atoms with Crippen molar-refractivity contribution in [2.45, 2.75) is 6.10 Å². The van der Waals surface area contributed by atoms with E-state index in [9.17, 15) is 10.4 Å². The van der Waals surface area contributed by atoms with E-state index in [2.05, 4.69) is 58.0 Å². The van der Waals surface area contributed by atoms with Gasteiger partial charge in [-0.2, -0.15) is 5.26 Å². The summed E-state index contributed by atoms with van der Waals surface area (Å²) in [6, 6.07) is 14.9. The molecule has 0 amide bonds. The average molecular weight is 399 g/mol. The van der Waals surface area contributed by atoms with Crippen molar-refractivity contribution in [3.8, 4) is 6.07 Å². The van der Waals surface area contributed by atoms with Gasteiger partial charge in [0.1, 0.15) is 11.0 Å². The zero-order chi connectivity index (χ0) is 19.9. The predicted molar refractivity (Wildman–Crippen MR) is 116 cm³/mol. The summed E-state index contributed by atoms with van der Waals surface area (Å²) in [6.45, 7) is 4.17. The molecule has 3 rings (SSSR count). The number of fused-ring (bicyclic) bond motifs is 1. The highest BCUT2D eigenvalue weighted by Crippen LogP contribution is 2.25. The number of hydrogen-bond acceptors (Lipinski definition) is 7. The van der Waals surface area contributed by atoms with E-state index in [1.165, 1.54) is 11.1 Å². The molecule has 0 bridgehead atoms. The van der Waals surface area contributed by atoms with E-state index < -0.39 is 6.10 Å². The quantitative estimate of drug-likeness (QED) is 0.486. The van der Waals surface area contributed by atoms with Gasteiger partial charge in [0.05, 0.1) is 12.7 Å². The van der Waals surface area contributed by atoms with Crippen LogP contribution in [0.3, 0.4) is 0 Å². The topological polar surface area (TPSA) is 82.8 Å². The zero-order valence-corrected chi connectivity index (χ0v) is 16.8. The summed E-state index contributed by atoms with van der Waals surface area (Å²) in [5, 5.41) is 29.8. The molecule has 1 aliphatic rings. The molecule has 0 aliphatic carbocycles. The zero-order valence-electron chi connectivity index (χ0n) is 16.0. The number of nitrogens with zero attached hydrogens (tertiary/aromatic N) is 3. The molecule has 1 fully saturated rings. The summed E-state index contributed by atoms with van der Waals surface area (Å²) in [5.74, 6) is 0. The Morgan fingerprint density at radius 1 is 1.21 bits per heavy atom. The first-order chi connectivity index (χ1) is 13.6. The van der Waals surface area contributed by atoms with Crippen LogP contribution >= 0.6 is 11.9 Å². The lowest BCUT2D eigenvalue weighted by molar-refractivity contribution is 0.0994. The van der Waals surface area contributed by atoms with Gasteiger partial charge < -0.3 is 20.0 Å². The van der Waals surface area contributed by atoms with E-state index in [0.29, 0.717) is 4.91 Å². The number of allylic oxidation sites excluding steroid dienone is 1. The Kier molecular flexibility index (Phi) is 7.31. The van der Waals surface area contributed by atoms with E-state index in [-0.39, 0.29) is 13.2 Å². The van der Waals surface area contributed by atoms with Crippen molar-refractivity contribution in [1.29, 1.82) is 5.26 Å². The number of rotatable bonds is 7. The first-order valence-electron chi connectivity index (χ1n) is 9.37. The van der Waals surface area contributed by atoms with Crippen molar-refractivity contribution in [3.63, 3.8) is 0 Å². The van der Waals surface area contributed by atoms with Crippen LogP contribution in [0.1, 0.15) is 5.56 Å². The minimum absolute atomic E-state index is 0.215. The second kappa shape index (κ2) is 9.92. The van der Waals surface area contributed by atoms with Gasteiger partial charge in [-0.25, -0.2) is 0 Å². The van der Waals surface area contributed by atoms with Gasteiger partial charge >= 0.3 is 0 Å². The number of benzene rings is 2.